The maximum atomic E-state index is 11.5. The summed E-state index contributed by atoms with van der Waals surface area (Å²) in [5.41, 5.74) is 1.56. The van der Waals surface area contributed by atoms with Gasteiger partial charge in [-0.1, -0.05) is 6.07 Å². The van der Waals surface area contributed by atoms with E-state index in [0.29, 0.717) is 5.56 Å². The van der Waals surface area contributed by atoms with Crippen LogP contribution in [0.5, 0.6) is 0 Å². The van der Waals surface area contributed by atoms with Gasteiger partial charge in [-0.2, -0.15) is 0 Å². The number of carbonyl (C=O) groups excluding carboxylic acids is 1. The average Bonchev–Trinajstić information content (AvgIpc) is 2.90. The summed E-state index contributed by atoms with van der Waals surface area (Å²) in [6.07, 6.45) is 3.69. The molecule has 4 heteroatoms. The summed E-state index contributed by atoms with van der Waals surface area (Å²) in [5, 5.41) is 0.980. The zero-order valence-corrected chi connectivity index (χ0v) is 10.4. The normalized spacial score (nSPS) is 10.6. The number of esters is 1. The molecule has 3 aromatic rings. The van der Waals surface area contributed by atoms with E-state index in [2.05, 4.69) is 4.98 Å². The van der Waals surface area contributed by atoms with E-state index >= 15 is 0 Å². The molecule has 0 atom stereocenters. The Morgan fingerprint density at radius 2 is 2.11 bits per heavy atom. The molecule has 2 aromatic heterocycles. The van der Waals surface area contributed by atoms with Crippen LogP contribution < -0.4 is 0 Å². The van der Waals surface area contributed by atoms with Gasteiger partial charge in [-0.05, 0) is 36.4 Å². The monoisotopic (exact) mass is 252 g/mol. The quantitative estimate of drug-likeness (QED) is 0.659. The van der Waals surface area contributed by atoms with E-state index in [0.717, 1.165) is 16.7 Å². The van der Waals surface area contributed by atoms with Gasteiger partial charge in [0.2, 0.25) is 0 Å². The highest BCUT2D eigenvalue weighted by Gasteiger charge is 2.09. The van der Waals surface area contributed by atoms with Crippen molar-refractivity contribution in [1.82, 2.24) is 9.55 Å². The van der Waals surface area contributed by atoms with Gasteiger partial charge < -0.3 is 9.30 Å². The molecule has 0 aliphatic heterocycles. The van der Waals surface area contributed by atoms with E-state index in [4.69, 9.17) is 4.74 Å². The predicted molar refractivity (Wildman–Crippen MR) is 72.4 cm³/mol. The summed E-state index contributed by atoms with van der Waals surface area (Å²) in [4.78, 5) is 15.8. The van der Waals surface area contributed by atoms with Crippen molar-refractivity contribution in [3.8, 4) is 5.82 Å². The third kappa shape index (κ3) is 1.97. The van der Waals surface area contributed by atoms with E-state index in [1.54, 1.807) is 12.3 Å². The molecule has 0 fully saturated rings. The smallest absolute Gasteiger partial charge is 0.337 e. The number of rotatable bonds is 2. The first kappa shape index (κ1) is 11.5. The molecule has 0 amide bonds. The molecule has 1 aromatic carbocycles. The van der Waals surface area contributed by atoms with Gasteiger partial charge in [0.05, 0.1) is 18.2 Å². The Balaban J connectivity index is 2.13. The van der Waals surface area contributed by atoms with Crippen LogP contribution in [-0.4, -0.2) is 22.6 Å². The van der Waals surface area contributed by atoms with Gasteiger partial charge in [0, 0.05) is 17.8 Å². The summed E-state index contributed by atoms with van der Waals surface area (Å²) in [6, 6.07) is 13.2. The molecule has 3 rings (SSSR count). The average molecular weight is 252 g/mol. The minimum Gasteiger partial charge on any atom is -0.465 e. The Labute approximate surface area is 110 Å². The lowest BCUT2D eigenvalue weighted by Gasteiger charge is -2.04. The number of pyridine rings is 1. The summed E-state index contributed by atoms with van der Waals surface area (Å²) in [5.74, 6) is 0.524. The number of aromatic nitrogens is 2. The number of methoxy groups -OCH3 is 1. The third-order valence-corrected chi connectivity index (χ3v) is 3.01. The lowest BCUT2D eigenvalue weighted by atomic mass is 10.1. The van der Waals surface area contributed by atoms with Crippen molar-refractivity contribution in [2.75, 3.05) is 7.11 Å². The molecule has 0 saturated carbocycles. The largest absolute Gasteiger partial charge is 0.465 e. The van der Waals surface area contributed by atoms with Crippen LogP contribution in [0.2, 0.25) is 0 Å². The van der Waals surface area contributed by atoms with E-state index in [1.807, 2.05) is 47.2 Å². The zero-order chi connectivity index (χ0) is 13.2. The summed E-state index contributed by atoms with van der Waals surface area (Å²) < 4.78 is 6.70. The Kier molecular flexibility index (Phi) is 2.76. The lowest BCUT2D eigenvalue weighted by molar-refractivity contribution is 0.0601. The fourth-order valence-electron chi connectivity index (χ4n) is 2.08. The minimum atomic E-state index is -0.326. The molecule has 94 valence electrons. The van der Waals surface area contributed by atoms with Crippen molar-refractivity contribution in [2.45, 2.75) is 0 Å². The fraction of sp³-hybridized carbons (Fsp3) is 0.0667. The third-order valence-electron chi connectivity index (χ3n) is 3.01. The number of hydrogen-bond donors (Lipinski definition) is 0. The Morgan fingerprint density at radius 1 is 1.21 bits per heavy atom. The van der Waals surface area contributed by atoms with E-state index in [1.165, 1.54) is 7.11 Å². The Morgan fingerprint density at radius 3 is 2.84 bits per heavy atom. The maximum Gasteiger partial charge on any atom is 0.337 e. The molecule has 19 heavy (non-hydrogen) atoms. The number of nitrogens with zero attached hydrogens (tertiary/aromatic N) is 2. The van der Waals surface area contributed by atoms with Crippen LogP contribution in [0.3, 0.4) is 0 Å². The fourth-order valence-corrected chi connectivity index (χ4v) is 2.08. The van der Waals surface area contributed by atoms with E-state index in [9.17, 15) is 4.79 Å². The van der Waals surface area contributed by atoms with Gasteiger partial charge >= 0.3 is 5.97 Å². The molecular weight excluding hydrogens is 240 g/mol. The van der Waals surface area contributed by atoms with Crippen molar-refractivity contribution in [3.63, 3.8) is 0 Å². The maximum absolute atomic E-state index is 11.5. The highest BCUT2D eigenvalue weighted by Crippen LogP contribution is 2.21. The molecular formula is C15H12N2O2. The topological polar surface area (TPSA) is 44.1 Å². The molecule has 2 heterocycles. The predicted octanol–water partition coefficient (Wildman–Crippen LogP) is 2.81. The number of hydrogen-bond acceptors (Lipinski definition) is 3. The highest BCUT2D eigenvalue weighted by atomic mass is 16.5. The lowest BCUT2D eigenvalue weighted by Crippen LogP contribution is -2.01. The van der Waals surface area contributed by atoms with Gasteiger partial charge in [-0.3, -0.25) is 0 Å². The van der Waals surface area contributed by atoms with Crippen LogP contribution in [0.4, 0.5) is 0 Å². The van der Waals surface area contributed by atoms with Crippen molar-refractivity contribution < 1.29 is 9.53 Å². The standard InChI is InChI=1S/C15H12N2O2/c1-19-15(18)12-5-6-13-11(10-12)7-9-17(13)14-4-2-3-8-16-14/h2-10H,1H3. The van der Waals surface area contributed by atoms with Crippen LogP contribution in [0, 0.1) is 0 Å². The van der Waals surface area contributed by atoms with Crippen LogP contribution in [0.1, 0.15) is 10.4 Å². The summed E-state index contributed by atoms with van der Waals surface area (Å²) >= 11 is 0. The molecule has 0 spiro atoms. The molecule has 0 radical (unpaired) electrons. The molecule has 0 N–H and O–H groups in total. The SMILES string of the molecule is COC(=O)c1ccc2c(ccn2-c2ccccn2)c1. The van der Waals surface area contributed by atoms with E-state index in [-0.39, 0.29) is 5.97 Å². The highest BCUT2D eigenvalue weighted by molar-refractivity contribution is 5.95. The molecule has 4 nitrogen and oxygen atoms in total. The van der Waals surface area contributed by atoms with Crippen LogP contribution in [-0.2, 0) is 4.74 Å². The second-order valence-electron chi connectivity index (χ2n) is 4.14. The van der Waals surface area contributed by atoms with Crippen molar-refractivity contribution in [1.29, 1.82) is 0 Å². The van der Waals surface area contributed by atoms with Crippen LogP contribution >= 0.6 is 0 Å². The minimum absolute atomic E-state index is 0.326. The van der Waals surface area contributed by atoms with Gasteiger partial charge in [-0.15, -0.1) is 0 Å². The van der Waals surface area contributed by atoms with Gasteiger partial charge in [0.1, 0.15) is 5.82 Å². The van der Waals surface area contributed by atoms with Gasteiger partial charge in [0.15, 0.2) is 0 Å². The number of benzene rings is 1. The van der Waals surface area contributed by atoms with Crippen molar-refractivity contribution in [3.05, 3.63) is 60.4 Å². The summed E-state index contributed by atoms with van der Waals surface area (Å²) in [7, 11) is 1.38. The van der Waals surface area contributed by atoms with Crippen molar-refractivity contribution >= 4 is 16.9 Å². The molecule has 0 unspecified atom stereocenters. The van der Waals surface area contributed by atoms with E-state index < -0.39 is 0 Å². The number of ether oxygens (including phenoxy) is 1. The van der Waals surface area contributed by atoms with Crippen LogP contribution in [0.25, 0.3) is 16.7 Å². The molecule has 0 bridgehead atoms. The molecule has 0 saturated heterocycles. The number of fused-ring (bicyclic) bond motifs is 1. The van der Waals surface area contributed by atoms with Crippen LogP contribution in [0.15, 0.2) is 54.9 Å². The zero-order valence-electron chi connectivity index (χ0n) is 10.4. The number of carbonyl (C=O) groups is 1. The molecule has 0 aliphatic rings. The first-order valence-corrected chi connectivity index (χ1v) is 5.90. The molecule has 0 aliphatic carbocycles. The van der Waals surface area contributed by atoms with Gasteiger partial charge in [0.25, 0.3) is 0 Å². The Hall–Kier alpha value is -2.62. The Bertz CT molecular complexity index is 732. The first-order valence-electron chi connectivity index (χ1n) is 5.90. The van der Waals surface area contributed by atoms with Crippen molar-refractivity contribution in [2.24, 2.45) is 0 Å². The first-order chi connectivity index (χ1) is 9.29. The summed E-state index contributed by atoms with van der Waals surface area (Å²) in [6.45, 7) is 0. The second kappa shape index (κ2) is 4.57. The van der Waals surface area contributed by atoms with Gasteiger partial charge in [-0.25, -0.2) is 9.78 Å². The second-order valence-corrected chi connectivity index (χ2v) is 4.14.